The third-order valence-corrected chi connectivity index (χ3v) is 1.88. The molecule has 0 heterocycles. The Morgan fingerprint density at radius 1 is 1.23 bits per heavy atom. The highest BCUT2D eigenvalue weighted by Gasteiger charge is 1.99. The van der Waals surface area contributed by atoms with Gasteiger partial charge in [-0.2, -0.15) is 0 Å². The first-order valence-electron chi connectivity index (χ1n) is 5.02. The van der Waals surface area contributed by atoms with Crippen LogP contribution in [-0.2, 0) is 9.53 Å². The Morgan fingerprint density at radius 2 is 1.85 bits per heavy atom. The molecule has 0 aromatic rings. The van der Waals surface area contributed by atoms with Gasteiger partial charge in [0.2, 0.25) is 0 Å². The number of hydrogen-bond donors (Lipinski definition) is 0. The Kier molecular flexibility index (Phi) is 17.2. The predicted molar refractivity (Wildman–Crippen MR) is 60.2 cm³/mol. The molecule has 0 atom stereocenters. The molecule has 13 heavy (non-hydrogen) atoms. The monoisotopic (exact) mass is 252 g/mol. The lowest BCUT2D eigenvalue weighted by Gasteiger charge is -1.99. The van der Waals surface area contributed by atoms with E-state index in [4.69, 9.17) is 4.74 Å². The van der Waals surface area contributed by atoms with Gasteiger partial charge in [-0.25, -0.2) is 0 Å². The number of esters is 1. The highest BCUT2D eigenvalue weighted by Crippen LogP contribution is 2.02. The molecule has 2 nitrogen and oxygen atoms in total. The van der Waals surface area contributed by atoms with E-state index in [1.54, 1.807) is 0 Å². The van der Waals surface area contributed by atoms with Crippen molar-refractivity contribution >= 4 is 21.9 Å². The van der Waals surface area contributed by atoms with Crippen LogP contribution in [0.4, 0.5) is 0 Å². The average Bonchev–Trinajstić information content (AvgIpc) is 2.16. The molecule has 0 fully saturated rings. The maximum absolute atomic E-state index is 10.8. The zero-order valence-electron chi connectivity index (χ0n) is 8.94. The van der Waals surface area contributed by atoms with E-state index < -0.39 is 0 Å². The van der Waals surface area contributed by atoms with Crippen LogP contribution < -0.4 is 0 Å². The summed E-state index contributed by atoms with van der Waals surface area (Å²) in [4.78, 5) is 10.8. The van der Waals surface area contributed by atoms with Gasteiger partial charge in [-0.3, -0.25) is 4.79 Å². The fourth-order valence-corrected chi connectivity index (χ4v) is 1.17. The van der Waals surface area contributed by atoms with Gasteiger partial charge in [0.15, 0.2) is 0 Å². The Morgan fingerprint density at radius 3 is 2.31 bits per heavy atom. The number of rotatable bonds is 6. The van der Waals surface area contributed by atoms with Crippen LogP contribution in [0.2, 0.25) is 0 Å². The lowest BCUT2D eigenvalue weighted by molar-refractivity contribution is -0.143. The molecule has 0 aliphatic carbocycles. The predicted octanol–water partition coefficient (Wildman–Crippen LogP) is 3.53. The van der Waals surface area contributed by atoms with Crippen molar-refractivity contribution in [3.8, 4) is 0 Å². The normalized spacial score (nSPS) is 8.62. The van der Waals surface area contributed by atoms with E-state index >= 15 is 0 Å². The van der Waals surface area contributed by atoms with E-state index in [2.05, 4.69) is 15.9 Å². The van der Waals surface area contributed by atoms with Crippen molar-refractivity contribution in [1.29, 1.82) is 0 Å². The van der Waals surface area contributed by atoms with Gasteiger partial charge in [0, 0.05) is 11.8 Å². The van der Waals surface area contributed by atoms with E-state index in [1.165, 1.54) is 0 Å². The number of carbonyl (C=O) groups excluding carboxylic acids is 1. The van der Waals surface area contributed by atoms with E-state index in [-0.39, 0.29) is 5.97 Å². The van der Waals surface area contributed by atoms with E-state index in [1.807, 2.05) is 20.8 Å². The van der Waals surface area contributed by atoms with Gasteiger partial charge in [0.25, 0.3) is 0 Å². The van der Waals surface area contributed by atoms with Gasteiger partial charge < -0.3 is 4.74 Å². The van der Waals surface area contributed by atoms with Crippen molar-refractivity contribution in [1.82, 2.24) is 0 Å². The molecule has 0 N–H and O–H groups in total. The third kappa shape index (κ3) is 14.8. The molecule has 0 rings (SSSR count). The number of unbranched alkanes of at least 4 members (excludes halogenated alkanes) is 2. The largest absolute Gasteiger partial charge is 0.466 e. The summed E-state index contributed by atoms with van der Waals surface area (Å²) in [6, 6.07) is 0. The number of halogens is 1. The molecule has 80 valence electrons. The number of alkyl halides is 1. The number of carbonyl (C=O) groups is 1. The minimum absolute atomic E-state index is 0.0675. The summed E-state index contributed by atoms with van der Waals surface area (Å²) in [5.74, 6) is -0.0675. The van der Waals surface area contributed by atoms with Crippen molar-refractivity contribution in [2.45, 2.75) is 46.5 Å². The van der Waals surface area contributed by atoms with Crippen molar-refractivity contribution in [3.63, 3.8) is 0 Å². The second kappa shape index (κ2) is 14.5. The van der Waals surface area contributed by atoms with E-state index in [0.29, 0.717) is 13.0 Å². The minimum atomic E-state index is -0.0675. The van der Waals surface area contributed by atoms with Crippen LogP contribution in [0.25, 0.3) is 0 Å². The van der Waals surface area contributed by atoms with Crippen LogP contribution in [0.15, 0.2) is 0 Å². The molecule has 0 aromatic heterocycles. The lowest BCUT2D eigenvalue weighted by Crippen LogP contribution is -2.03. The van der Waals surface area contributed by atoms with Gasteiger partial charge in [-0.05, 0) is 19.8 Å². The third-order valence-electron chi connectivity index (χ3n) is 1.32. The van der Waals surface area contributed by atoms with E-state index in [9.17, 15) is 4.79 Å². The maximum atomic E-state index is 10.8. The summed E-state index contributed by atoms with van der Waals surface area (Å²) in [7, 11) is 0. The summed E-state index contributed by atoms with van der Waals surface area (Å²) in [5.41, 5.74) is 0. The molecule has 0 aliphatic rings. The first-order valence-corrected chi connectivity index (χ1v) is 6.15. The highest BCUT2D eigenvalue weighted by atomic mass is 79.9. The van der Waals surface area contributed by atoms with Crippen molar-refractivity contribution in [2.75, 3.05) is 11.9 Å². The average molecular weight is 253 g/mol. The molecule has 0 saturated heterocycles. The second-order valence-corrected chi connectivity index (χ2v) is 3.10. The van der Waals surface area contributed by atoms with E-state index in [0.717, 1.165) is 24.6 Å². The molecular formula is C10H21BrO2. The van der Waals surface area contributed by atoms with Gasteiger partial charge >= 0.3 is 5.97 Å². The first-order chi connectivity index (χ1) is 6.31. The quantitative estimate of drug-likeness (QED) is 0.411. The Labute approximate surface area is 90.2 Å². The highest BCUT2D eigenvalue weighted by molar-refractivity contribution is 9.09. The number of ether oxygens (including phenoxy) is 1. The van der Waals surface area contributed by atoms with Gasteiger partial charge in [-0.15, -0.1) is 0 Å². The Hall–Kier alpha value is -0.0500. The molecule has 0 amide bonds. The molecular weight excluding hydrogens is 232 g/mol. The minimum Gasteiger partial charge on any atom is -0.466 e. The van der Waals surface area contributed by atoms with Gasteiger partial charge in [0.05, 0.1) is 6.61 Å². The van der Waals surface area contributed by atoms with Crippen LogP contribution in [0, 0.1) is 0 Å². The van der Waals surface area contributed by atoms with Crippen molar-refractivity contribution in [2.24, 2.45) is 0 Å². The summed E-state index contributed by atoms with van der Waals surface area (Å²) in [6.45, 7) is 6.33. The summed E-state index contributed by atoms with van der Waals surface area (Å²) in [6.07, 6.45) is 3.76. The lowest BCUT2D eigenvalue weighted by atomic mass is 10.2. The zero-order valence-corrected chi connectivity index (χ0v) is 10.5. The SMILES string of the molecule is CC.CCOC(=O)CCCCCBr. The smallest absolute Gasteiger partial charge is 0.305 e. The first kappa shape index (κ1) is 15.4. The van der Waals surface area contributed by atoms with Crippen LogP contribution in [0.5, 0.6) is 0 Å². The molecule has 0 aromatic carbocycles. The summed E-state index contributed by atoms with van der Waals surface area (Å²) in [5, 5.41) is 1.02. The topological polar surface area (TPSA) is 26.3 Å². The molecule has 0 unspecified atom stereocenters. The van der Waals surface area contributed by atoms with Crippen LogP contribution in [-0.4, -0.2) is 17.9 Å². The van der Waals surface area contributed by atoms with Gasteiger partial charge in [0.1, 0.15) is 0 Å². The summed E-state index contributed by atoms with van der Waals surface area (Å²) >= 11 is 3.33. The molecule has 0 spiro atoms. The van der Waals surface area contributed by atoms with Crippen molar-refractivity contribution < 1.29 is 9.53 Å². The molecule has 0 bridgehead atoms. The Balaban J connectivity index is 0. The fourth-order valence-electron chi connectivity index (χ4n) is 0.774. The molecule has 0 saturated carbocycles. The van der Waals surface area contributed by atoms with Crippen LogP contribution in [0.1, 0.15) is 46.5 Å². The van der Waals surface area contributed by atoms with Gasteiger partial charge in [-0.1, -0.05) is 36.2 Å². The zero-order chi connectivity index (χ0) is 10.5. The van der Waals surface area contributed by atoms with Crippen molar-refractivity contribution in [3.05, 3.63) is 0 Å². The van der Waals surface area contributed by atoms with Crippen LogP contribution >= 0.6 is 15.9 Å². The second-order valence-electron chi connectivity index (χ2n) is 2.30. The van der Waals surface area contributed by atoms with Crippen LogP contribution in [0.3, 0.4) is 0 Å². The molecule has 3 heteroatoms. The molecule has 0 radical (unpaired) electrons. The maximum Gasteiger partial charge on any atom is 0.305 e. The standard InChI is InChI=1S/C8H15BrO2.C2H6/c1-2-11-8(10)6-4-3-5-7-9;1-2/h2-7H2,1H3;1-2H3. The molecule has 0 aliphatic heterocycles. The summed E-state index contributed by atoms with van der Waals surface area (Å²) < 4.78 is 4.77. The Bertz CT molecular complexity index is 105. The fraction of sp³-hybridized carbons (Fsp3) is 0.900. The number of hydrogen-bond acceptors (Lipinski definition) is 2.